The summed E-state index contributed by atoms with van der Waals surface area (Å²) in [5.74, 6) is 1.75. The molecule has 0 saturated heterocycles. The summed E-state index contributed by atoms with van der Waals surface area (Å²) in [7, 11) is 0. The predicted molar refractivity (Wildman–Crippen MR) is 183 cm³/mol. The van der Waals surface area contributed by atoms with E-state index < -0.39 is 0 Å². The third kappa shape index (κ3) is 8.93. The van der Waals surface area contributed by atoms with Gasteiger partial charge in [0.05, 0.1) is 11.9 Å². The van der Waals surface area contributed by atoms with Gasteiger partial charge in [-0.15, -0.1) is 5.10 Å². The lowest BCUT2D eigenvalue weighted by Gasteiger charge is -2.18. The van der Waals surface area contributed by atoms with Crippen LogP contribution in [0.1, 0.15) is 138 Å². The second-order valence-electron chi connectivity index (χ2n) is 12.1. The quantitative estimate of drug-likeness (QED) is 0.199. The molecule has 4 aromatic rings. The van der Waals surface area contributed by atoms with Crippen LogP contribution in [-0.4, -0.2) is 30.7 Å². The fourth-order valence-corrected chi connectivity index (χ4v) is 6.24. The number of carbonyl (C=O) groups excluding carboxylic acids is 1. The normalized spacial score (nSPS) is 15.3. The van der Waals surface area contributed by atoms with Crippen LogP contribution in [0.25, 0.3) is 28.5 Å². The minimum absolute atomic E-state index is 0.0595. The molecular formula is C38H51N5O. The molecule has 2 heterocycles. The van der Waals surface area contributed by atoms with Gasteiger partial charge in [0.2, 0.25) is 0 Å². The molecule has 0 atom stereocenters. The monoisotopic (exact) mass is 593 g/mol. The molecule has 2 aliphatic carbocycles. The van der Waals surface area contributed by atoms with E-state index in [1.165, 1.54) is 81.8 Å². The van der Waals surface area contributed by atoms with Crippen molar-refractivity contribution in [3.05, 3.63) is 76.7 Å². The maximum atomic E-state index is 11.5. The third-order valence-electron chi connectivity index (χ3n) is 8.82. The van der Waals surface area contributed by atoms with Gasteiger partial charge in [0.25, 0.3) is 0 Å². The van der Waals surface area contributed by atoms with Crippen molar-refractivity contribution in [3.63, 3.8) is 0 Å². The molecular weight excluding hydrogens is 542 g/mol. The fraction of sp³-hybridized carbons (Fsp3) is 0.500. The number of fused-ring (bicyclic) bond motifs is 2. The molecule has 0 bridgehead atoms. The smallest absolute Gasteiger partial charge is 0.187 e. The van der Waals surface area contributed by atoms with Gasteiger partial charge in [-0.3, -0.25) is 4.79 Å². The van der Waals surface area contributed by atoms with Gasteiger partial charge in [-0.1, -0.05) is 121 Å². The number of rotatable bonds is 7. The van der Waals surface area contributed by atoms with E-state index in [0.717, 1.165) is 35.6 Å². The van der Waals surface area contributed by atoms with Gasteiger partial charge in [-0.25, -0.2) is 9.97 Å². The van der Waals surface area contributed by atoms with Crippen LogP contribution in [0.2, 0.25) is 0 Å². The number of hydrogen-bond acceptors (Lipinski definition) is 5. The molecule has 0 amide bonds. The van der Waals surface area contributed by atoms with Gasteiger partial charge in [0, 0.05) is 5.56 Å². The second kappa shape index (κ2) is 17.0. The molecule has 0 N–H and O–H groups in total. The van der Waals surface area contributed by atoms with Crippen molar-refractivity contribution in [3.8, 4) is 5.69 Å². The number of nitrogens with zero attached hydrogens (tertiary/aromatic N) is 5. The highest BCUT2D eigenvalue weighted by molar-refractivity contribution is 5.94. The Morgan fingerprint density at radius 1 is 0.886 bits per heavy atom. The van der Waals surface area contributed by atoms with Gasteiger partial charge in [0.1, 0.15) is 0 Å². The SMILES string of the molecule is CC.CC(=O)c1ccc(/C(C)=C\c2ncc3nnn(-c4ccc5c(c4)CCC5)c3n2)cc1.CCCCC1CCCCCCC1. The van der Waals surface area contributed by atoms with Crippen LogP contribution < -0.4 is 0 Å². The molecule has 1 fully saturated rings. The second-order valence-corrected chi connectivity index (χ2v) is 12.1. The van der Waals surface area contributed by atoms with Gasteiger partial charge in [-0.05, 0) is 79.5 Å². The Kier molecular flexibility index (Phi) is 12.8. The number of Topliss-reactive ketones (excluding diaryl/α,β-unsaturated/α-hetero) is 1. The number of hydrogen-bond donors (Lipinski definition) is 0. The Morgan fingerprint density at radius 3 is 2.27 bits per heavy atom. The van der Waals surface area contributed by atoms with Crippen molar-refractivity contribution in [1.82, 2.24) is 25.0 Å². The van der Waals surface area contributed by atoms with Crippen LogP contribution in [0.3, 0.4) is 0 Å². The van der Waals surface area contributed by atoms with Gasteiger partial charge >= 0.3 is 0 Å². The van der Waals surface area contributed by atoms with E-state index in [9.17, 15) is 4.79 Å². The van der Waals surface area contributed by atoms with Crippen molar-refractivity contribution in [2.75, 3.05) is 0 Å². The van der Waals surface area contributed by atoms with E-state index >= 15 is 0 Å². The first-order valence-electron chi connectivity index (χ1n) is 17.0. The van der Waals surface area contributed by atoms with Crippen LogP contribution >= 0.6 is 0 Å². The average Bonchev–Trinajstić information content (AvgIpc) is 3.68. The maximum absolute atomic E-state index is 11.5. The number of carbonyl (C=O) groups is 1. The van der Waals surface area contributed by atoms with Crippen molar-refractivity contribution >= 4 is 28.6 Å². The Hall–Kier alpha value is -3.67. The molecule has 2 aromatic heterocycles. The van der Waals surface area contributed by atoms with Gasteiger partial charge in [0.15, 0.2) is 22.8 Å². The third-order valence-corrected chi connectivity index (χ3v) is 8.82. The Labute approximate surface area is 264 Å². The summed E-state index contributed by atoms with van der Waals surface area (Å²) in [6.45, 7) is 9.88. The first kappa shape index (κ1) is 33.2. The topological polar surface area (TPSA) is 73.6 Å². The summed E-state index contributed by atoms with van der Waals surface area (Å²) in [6.07, 6.45) is 22.0. The summed E-state index contributed by atoms with van der Waals surface area (Å²) in [5.41, 5.74) is 7.87. The van der Waals surface area contributed by atoms with Crippen LogP contribution in [-0.2, 0) is 12.8 Å². The van der Waals surface area contributed by atoms with E-state index in [0.29, 0.717) is 22.6 Å². The molecule has 44 heavy (non-hydrogen) atoms. The van der Waals surface area contributed by atoms with Gasteiger partial charge < -0.3 is 0 Å². The number of benzene rings is 2. The van der Waals surface area contributed by atoms with Crippen LogP contribution in [0.5, 0.6) is 0 Å². The summed E-state index contributed by atoms with van der Waals surface area (Å²) in [4.78, 5) is 20.6. The molecule has 6 heteroatoms. The lowest BCUT2D eigenvalue weighted by Crippen LogP contribution is -2.03. The molecule has 6 nitrogen and oxygen atoms in total. The molecule has 0 aliphatic heterocycles. The molecule has 0 spiro atoms. The average molecular weight is 594 g/mol. The standard InChI is InChI=1S/C24H21N5O.C12H24.C2H6/c1-15(17-6-8-18(9-7-17)16(2)30)12-23-25-14-22-24(26-23)29(28-27-22)21-11-10-19-4-3-5-20(19)13-21;1-2-3-9-12-10-7-5-4-6-8-11-12;1-2/h6-14H,3-5H2,1-2H3;12H,2-11H2,1H3;1-2H3/b15-12-;;. The number of ketones is 1. The minimum atomic E-state index is 0.0595. The molecule has 1 saturated carbocycles. The van der Waals surface area contributed by atoms with Crippen LogP contribution in [0, 0.1) is 5.92 Å². The van der Waals surface area contributed by atoms with Crippen LogP contribution in [0.15, 0.2) is 48.7 Å². The molecule has 2 aromatic carbocycles. The molecule has 0 radical (unpaired) electrons. The summed E-state index contributed by atoms with van der Waals surface area (Å²) in [5, 5.41) is 8.54. The number of aryl methyl sites for hydroxylation is 2. The lowest BCUT2D eigenvalue weighted by atomic mass is 9.88. The minimum Gasteiger partial charge on any atom is -0.295 e. The Balaban J connectivity index is 0.000000266. The van der Waals surface area contributed by atoms with Crippen molar-refractivity contribution < 1.29 is 4.79 Å². The fourth-order valence-electron chi connectivity index (χ4n) is 6.24. The van der Waals surface area contributed by atoms with E-state index in [-0.39, 0.29) is 5.78 Å². The van der Waals surface area contributed by atoms with E-state index in [1.54, 1.807) is 17.8 Å². The summed E-state index contributed by atoms with van der Waals surface area (Å²) in [6, 6.07) is 14.0. The highest BCUT2D eigenvalue weighted by Crippen LogP contribution is 2.27. The van der Waals surface area contributed by atoms with Crippen molar-refractivity contribution in [2.24, 2.45) is 5.92 Å². The molecule has 6 rings (SSSR count). The van der Waals surface area contributed by atoms with Gasteiger partial charge in [-0.2, -0.15) is 4.68 Å². The van der Waals surface area contributed by atoms with Crippen molar-refractivity contribution in [1.29, 1.82) is 0 Å². The number of unbranched alkanes of at least 4 members (excludes halogenated alkanes) is 1. The Bertz CT molecular complexity index is 1510. The van der Waals surface area contributed by atoms with E-state index in [1.807, 2.05) is 51.1 Å². The summed E-state index contributed by atoms with van der Waals surface area (Å²) >= 11 is 0. The molecule has 234 valence electrons. The van der Waals surface area contributed by atoms with Crippen molar-refractivity contribution in [2.45, 2.75) is 118 Å². The Morgan fingerprint density at radius 2 is 1.57 bits per heavy atom. The van der Waals surface area contributed by atoms with Crippen LogP contribution in [0.4, 0.5) is 0 Å². The zero-order chi connectivity index (χ0) is 31.3. The largest absolute Gasteiger partial charge is 0.295 e. The first-order valence-corrected chi connectivity index (χ1v) is 17.0. The number of aromatic nitrogens is 5. The zero-order valence-electron chi connectivity index (χ0n) is 27.6. The first-order chi connectivity index (χ1) is 21.5. The van der Waals surface area contributed by atoms with E-state index in [2.05, 4.69) is 40.4 Å². The molecule has 2 aliphatic rings. The number of allylic oxidation sites excluding steroid dienone is 1. The van der Waals surface area contributed by atoms with E-state index in [4.69, 9.17) is 4.98 Å². The lowest BCUT2D eigenvalue weighted by molar-refractivity contribution is 0.101. The predicted octanol–water partition coefficient (Wildman–Crippen LogP) is 10.0. The molecule has 0 unspecified atom stereocenters. The maximum Gasteiger partial charge on any atom is 0.187 e. The highest BCUT2D eigenvalue weighted by Gasteiger charge is 2.15. The zero-order valence-corrected chi connectivity index (χ0v) is 27.6. The highest BCUT2D eigenvalue weighted by atomic mass is 16.1. The summed E-state index contributed by atoms with van der Waals surface area (Å²) < 4.78 is 1.78.